The number of carbonyl (C=O) groups is 3. The van der Waals surface area contributed by atoms with Gasteiger partial charge in [0.05, 0.1) is 21.8 Å². The van der Waals surface area contributed by atoms with Gasteiger partial charge in [0, 0.05) is 5.69 Å². The summed E-state index contributed by atoms with van der Waals surface area (Å²) in [5, 5.41) is 24.1. The summed E-state index contributed by atoms with van der Waals surface area (Å²) in [7, 11) is 0. The zero-order valence-electron chi connectivity index (χ0n) is 16.5. The topological polar surface area (TPSA) is 119 Å². The van der Waals surface area contributed by atoms with Gasteiger partial charge in [-0.05, 0) is 48.0 Å². The first-order valence-electron chi connectivity index (χ1n) is 9.30. The van der Waals surface area contributed by atoms with Crippen LogP contribution >= 0.6 is 11.6 Å². The maximum atomic E-state index is 12.5. The molecule has 0 aromatic heterocycles. The monoisotopic (exact) mass is 445 g/mol. The molecule has 3 N–H and O–H groups in total. The van der Waals surface area contributed by atoms with E-state index in [1.54, 1.807) is 54.6 Å². The quantitative estimate of drug-likeness (QED) is 0.370. The van der Waals surface area contributed by atoms with E-state index >= 15 is 0 Å². The van der Waals surface area contributed by atoms with Gasteiger partial charge in [-0.3, -0.25) is 9.59 Å². The molecule has 2 amide bonds. The summed E-state index contributed by atoms with van der Waals surface area (Å²) in [6, 6.07) is 20.8. The molecule has 0 unspecified atom stereocenters. The number of hydrogen-bond donors (Lipinski definition) is 3. The summed E-state index contributed by atoms with van der Waals surface area (Å²) in [4.78, 5) is 36.3. The first-order valence-corrected chi connectivity index (χ1v) is 9.68. The van der Waals surface area contributed by atoms with Gasteiger partial charge < -0.3 is 15.7 Å². The van der Waals surface area contributed by atoms with E-state index in [-0.39, 0.29) is 16.8 Å². The van der Waals surface area contributed by atoms with Crippen LogP contribution in [-0.4, -0.2) is 22.9 Å². The van der Waals surface area contributed by atoms with Gasteiger partial charge in [0.1, 0.15) is 11.6 Å². The molecule has 8 heteroatoms. The van der Waals surface area contributed by atoms with Crippen molar-refractivity contribution in [2.75, 3.05) is 10.6 Å². The number of nitrogens with zero attached hydrogens (tertiary/aromatic N) is 1. The number of hydrogen-bond acceptors (Lipinski definition) is 4. The van der Waals surface area contributed by atoms with E-state index in [9.17, 15) is 24.8 Å². The van der Waals surface area contributed by atoms with E-state index in [1.807, 2.05) is 6.07 Å². The molecular formula is C24H16ClN3O4. The Labute approximate surface area is 188 Å². The highest BCUT2D eigenvalue weighted by Gasteiger charge is 2.15. The molecule has 0 saturated carbocycles. The summed E-state index contributed by atoms with van der Waals surface area (Å²) in [6.07, 6.45) is 1.34. The Balaban J connectivity index is 1.80. The number of carboxylic acid groups (broad SMARTS) is 1. The second-order valence-electron chi connectivity index (χ2n) is 6.53. The Kier molecular flexibility index (Phi) is 7.01. The van der Waals surface area contributed by atoms with Crippen molar-refractivity contribution in [3.63, 3.8) is 0 Å². The third kappa shape index (κ3) is 5.39. The molecule has 0 atom stereocenters. The summed E-state index contributed by atoms with van der Waals surface area (Å²) >= 11 is 6.05. The lowest BCUT2D eigenvalue weighted by Gasteiger charge is -2.09. The van der Waals surface area contributed by atoms with Crippen LogP contribution in [-0.2, 0) is 4.79 Å². The number of carbonyl (C=O) groups excluding carboxylic acids is 2. The molecule has 0 heterocycles. The van der Waals surface area contributed by atoms with Crippen LogP contribution in [0, 0.1) is 11.3 Å². The molecule has 0 bridgehead atoms. The molecule has 0 fully saturated rings. The highest BCUT2D eigenvalue weighted by atomic mass is 35.5. The lowest BCUT2D eigenvalue weighted by Crippen LogP contribution is -2.16. The Morgan fingerprint density at radius 1 is 0.906 bits per heavy atom. The molecule has 0 radical (unpaired) electrons. The van der Waals surface area contributed by atoms with Gasteiger partial charge in [-0.1, -0.05) is 48.0 Å². The number of nitrogens with one attached hydrogen (secondary N) is 2. The van der Waals surface area contributed by atoms with E-state index in [2.05, 4.69) is 10.6 Å². The fourth-order valence-electron chi connectivity index (χ4n) is 2.83. The Morgan fingerprint density at radius 2 is 1.59 bits per heavy atom. The number of halogens is 1. The van der Waals surface area contributed by atoms with Crippen LogP contribution < -0.4 is 10.6 Å². The third-order valence-corrected chi connectivity index (χ3v) is 4.67. The van der Waals surface area contributed by atoms with Crippen molar-refractivity contribution >= 4 is 46.8 Å². The Hall–Kier alpha value is -4.41. The summed E-state index contributed by atoms with van der Waals surface area (Å²) < 4.78 is 0. The van der Waals surface area contributed by atoms with Gasteiger partial charge in [-0.2, -0.15) is 5.26 Å². The molecular weight excluding hydrogens is 430 g/mol. The molecule has 0 aliphatic rings. The average molecular weight is 446 g/mol. The zero-order chi connectivity index (χ0) is 23.1. The minimum absolute atomic E-state index is 0.0758. The maximum Gasteiger partial charge on any atom is 0.337 e. The highest BCUT2D eigenvalue weighted by molar-refractivity contribution is 6.34. The van der Waals surface area contributed by atoms with Crippen LogP contribution in [0.5, 0.6) is 0 Å². The van der Waals surface area contributed by atoms with Gasteiger partial charge in [-0.25, -0.2) is 4.79 Å². The smallest absolute Gasteiger partial charge is 0.337 e. The summed E-state index contributed by atoms with van der Waals surface area (Å²) in [5.74, 6) is -2.36. The lowest BCUT2D eigenvalue weighted by atomic mass is 10.1. The molecule has 7 nitrogen and oxygen atoms in total. The number of nitriles is 1. The van der Waals surface area contributed by atoms with Crippen LogP contribution in [0.25, 0.3) is 6.08 Å². The Morgan fingerprint density at radius 3 is 2.28 bits per heavy atom. The number of amides is 2. The van der Waals surface area contributed by atoms with Crippen molar-refractivity contribution in [2.45, 2.75) is 0 Å². The van der Waals surface area contributed by atoms with Crippen LogP contribution in [0.15, 0.2) is 78.4 Å². The zero-order valence-corrected chi connectivity index (χ0v) is 17.3. The first kappa shape index (κ1) is 22.3. The molecule has 0 saturated heterocycles. The number of para-hydroxylation sites is 1. The SMILES string of the molecule is N#C/C(=C\c1cccc(NC(=O)c2ccccc2Cl)c1)C(=O)Nc1ccccc1C(=O)O. The largest absolute Gasteiger partial charge is 0.478 e. The molecule has 32 heavy (non-hydrogen) atoms. The van der Waals surface area contributed by atoms with Gasteiger partial charge in [0.15, 0.2) is 0 Å². The second-order valence-corrected chi connectivity index (χ2v) is 6.94. The van der Waals surface area contributed by atoms with Gasteiger partial charge in [0.2, 0.25) is 0 Å². The van der Waals surface area contributed by atoms with Crippen LogP contribution in [0.1, 0.15) is 26.3 Å². The molecule has 3 aromatic rings. The number of aromatic carboxylic acids is 1. The highest BCUT2D eigenvalue weighted by Crippen LogP contribution is 2.20. The predicted molar refractivity (Wildman–Crippen MR) is 121 cm³/mol. The van der Waals surface area contributed by atoms with Gasteiger partial charge in [-0.15, -0.1) is 0 Å². The van der Waals surface area contributed by atoms with Crippen molar-refractivity contribution in [3.05, 3.63) is 100 Å². The Bertz CT molecular complexity index is 1280. The van der Waals surface area contributed by atoms with Crippen LogP contribution in [0.3, 0.4) is 0 Å². The molecule has 0 aliphatic carbocycles. The van der Waals surface area contributed by atoms with E-state index in [0.717, 1.165) is 0 Å². The minimum Gasteiger partial charge on any atom is -0.478 e. The van der Waals surface area contributed by atoms with E-state index in [1.165, 1.54) is 24.3 Å². The molecule has 158 valence electrons. The van der Waals surface area contributed by atoms with Crippen molar-refractivity contribution in [1.82, 2.24) is 0 Å². The van der Waals surface area contributed by atoms with E-state index in [4.69, 9.17) is 11.6 Å². The summed E-state index contributed by atoms with van der Waals surface area (Å²) in [6.45, 7) is 0. The van der Waals surface area contributed by atoms with Crippen molar-refractivity contribution in [2.24, 2.45) is 0 Å². The predicted octanol–water partition coefficient (Wildman–Crippen LogP) is 4.84. The number of carboxylic acids is 1. The van der Waals surface area contributed by atoms with Crippen LogP contribution in [0.4, 0.5) is 11.4 Å². The van der Waals surface area contributed by atoms with Crippen molar-refractivity contribution in [3.8, 4) is 6.07 Å². The number of benzene rings is 3. The van der Waals surface area contributed by atoms with Gasteiger partial charge in [0.25, 0.3) is 11.8 Å². The van der Waals surface area contributed by atoms with Crippen LogP contribution in [0.2, 0.25) is 5.02 Å². The molecule has 3 rings (SSSR count). The van der Waals surface area contributed by atoms with Crippen molar-refractivity contribution < 1.29 is 19.5 Å². The van der Waals surface area contributed by atoms with E-state index < -0.39 is 17.8 Å². The maximum absolute atomic E-state index is 12.5. The standard InChI is InChI=1S/C24H16ClN3O4/c25-20-10-3-1-8-18(20)23(30)27-17-7-5-6-15(13-17)12-16(14-26)22(29)28-21-11-4-2-9-19(21)24(31)32/h1-13H,(H,27,30)(H,28,29)(H,31,32)/b16-12+. The molecule has 0 spiro atoms. The first-order chi connectivity index (χ1) is 15.4. The van der Waals surface area contributed by atoms with E-state index in [0.29, 0.717) is 21.8 Å². The molecule has 3 aromatic carbocycles. The normalized spacial score (nSPS) is 10.7. The third-order valence-electron chi connectivity index (χ3n) is 4.34. The number of rotatable bonds is 6. The average Bonchev–Trinajstić information content (AvgIpc) is 2.78. The van der Waals surface area contributed by atoms with Crippen molar-refractivity contribution in [1.29, 1.82) is 5.26 Å². The minimum atomic E-state index is -1.20. The second kappa shape index (κ2) is 10.1. The lowest BCUT2D eigenvalue weighted by molar-refractivity contribution is -0.112. The fraction of sp³-hybridized carbons (Fsp3) is 0. The number of anilines is 2. The van der Waals surface area contributed by atoms with Gasteiger partial charge >= 0.3 is 5.97 Å². The molecule has 0 aliphatic heterocycles. The summed E-state index contributed by atoms with van der Waals surface area (Å²) in [5.41, 5.74) is 0.983. The fourth-order valence-corrected chi connectivity index (χ4v) is 3.06.